The molecule has 1 heterocycles. The molecule has 6 nitrogen and oxygen atoms in total. The summed E-state index contributed by atoms with van der Waals surface area (Å²) in [6.45, 7) is 6.70. The van der Waals surface area contributed by atoms with Crippen LogP contribution in [0.25, 0.3) is 0 Å². The van der Waals surface area contributed by atoms with Crippen molar-refractivity contribution in [2.75, 3.05) is 13.2 Å². The third-order valence-corrected chi connectivity index (χ3v) is 4.05. The standard InChI is InChI=1S/C10H18N2O4S/c1-7-9(8(2)16-12-7)17(14,15)11-5-10(3,4)6-13/h11,13H,5-6H2,1-4H3. The van der Waals surface area contributed by atoms with Crippen LogP contribution in [-0.2, 0) is 10.0 Å². The van der Waals surface area contributed by atoms with Gasteiger partial charge in [-0.15, -0.1) is 0 Å². The summed E-state index contributed by atoms with van der Waals surface area (Å²) >= 11 is 0. The SMILES string of the molecule is Cc1noc(C)c1S(=O)(=O)NCC(C)(C)CO. The number of nitrogens with one attached hydrogen (secondary N) is 1. The van der Waals surface area contributed by atoms with E-state index in [0.29, 0.717) is 5.69 Å². The van der Waals surface area contributed by atoms with Crippen LogP contribution >= 0.6 is 0 Å². The smallest absolute Gasteiger partial charge is 0.245 e. The third kappa shape index (κ3) is 3.27. The molecule has 0 spiro atoms. The summed E-state index contributed by atoms with van der Waals surface area (Å²) in [5.74, 6) is 0.261. The summed E-state index contributed by atoms with van der Waals surface area (Å²) in [5, 5.41) is 12.7. The van der Waals surface area contributed by atoms with Crippen LogP contribution < -0.4 is 4.72 Å². The predicted molar refractivity (Wildman–Crippen MR) is 62.0 cm³/mol. The monoisotopic (exact) mass is 262 g/mol. The average Bonchev–Trinajstić information content (AvgIpc) is 2.57. The molecule has 0 fully saturated rings. The minimum absolute atomic E-state index is 0.0752. The van der Waals surface area contributed by atoms with Gasteiger partial charge in [0, 0.05) is 18.6 Å². The molecular weight excluding hydrogens is 244 g/mol. The van der Waals surface area contributed by atoms with Crippen LogP contribution in [0.15, 0.2) is 9.42 Å². The van der Waals surface area contributed by atoms with E-state index in [9.17, 15) is 8.42 Å². The Morgan fingerprint density at radius 2 is 2.00 bits per heavy atom. The number of aromatic nitrogens is 1. The van der Waals surface area contributed by atoms with Crippen LogP contribution in [0.3, 0.4) is 0 Å². The zero-order valence-corrected chi connectivity index (χ0v) is 11.3. The van der Waals surface area contributed by atoms with Crippen LogP contribution in [-0.4, -0.2) is 31.8 Å². The van der Waals surface area contributed by atoms with Gasteiger partial charge in [0.25, 0.3) is 0 Å². The number of aliphatic hydroxyl groups excluding tert-OH is 1. The van der Waals surface area contributed by atoms with Gasteiger partial charge in [0.1, 0.15) is 10.6 Å². The minimum Gasteiger partial charge on any atom is -0.396 e. The highest BCUT2D eigenvalue weighted by Crippen LogP contribution is 2.20. The number of sulfonamides is 1. The van der Waals surface area contributed by atoms with Gasteiger partial charge < -0.3 is 9.63 Å². The molecule has 0 aliphatic heterocycles. The highest BCUT2D eigenvalue weighted by molar-refractivity contribution is 7.89. The molecule has 0 saturated heterocycles. The highest BCUT2D eigenvalue weighted by atomic mass is 32.2. The fraction of sp³-hybridized carbons (Fsp3) is 0.700. The fourth-order valence-corrected chi connectivity index (χ4v) is 2.84. The molecule has 0 unspecified atom stereocenters. The second kappa shape index (κ2) is 4.75. The summed E-state index contributed by atoms with van der Waals surface area (Å²) < 4.78 is 31.3. The van der Waals surface area contributed by atoms with E-state index in [4.69, 9.17) is 9.63 Å². The van der Waals surface area contributed by atoms with Crippen molar-refractivity contribution in [1.82, 2.24) is 9.88 Å². The fourth-order valence-electron chi connectivity index (χ4n) is 1.28. The van der Waals surface area contributed by atoms with Crippen molar-refractivity contribution in [1.29, 1.82) is 0 Å². The van der Waals surface area contributed by atoms with Gasteiger partial charge in [-0.05, 0) is 13.8 Å². The first-order valence-electron chi connectivity index (χ1n) is 5.23. The Morgan fingerprint density at radius 3 is 2.41 bits per heavy atom. The molecule has 0 radical (unpaired) electrons. The van der Waals surface area contributed by atoms with Crippen LogP contribution in [0.1, 0.15) is 25.3 Å². The summed E-state index contributed by atoms with van der Waals surface area (Å²) in [5.41, 5.74) is -0.178. The zero-order chi connectivity index (χ0) is 13.3. The Balaban J connectivity index is 2.91. The van der Waals surface area contributed by atoms with E-state index in [2.05, 4.69) is 9.88 Å². The Bertz CT molecular complexity index is 471. The van der Waals surface area contributed by atoms with Gasteiger partial charge >= 0.3 is 0 Å². The number of rotatable bonds is 5. The quantitative estimate of drug-likeness (QED) is 0.810. The average molecular weight is 262 g/mol. The maximum Gasteiger partial charge on any atom is 0.245 e. The molecule has 0 amide bonds. The molecule has 17 heavy (non-hydrogen) atoms. The van der Waals surface area contributed by atoms with E-state index in [1.807, 2.05) is 0 Å². The zero-order valence-electron chi connectivity index (χ0n) is 10.4. The second-order valence-corrected chi connectivity index (χ2v) is 6.50. The van der Waals surface area contributed by atoms with E-state index in [-0.39, 0.29) is 23.8 Å². The second-order valence-electron chi connectivity index (χ2n) is 4.80. The normalized spacial score (nSPS) is 13.0. The maximum atomic E-state index is 12.0. The summed E-state index contributed by atoms with van der Waals surface area (Å²) in [7, 11) is -3.64. The van der Waals surface area contributed by atoms with Crippen molar-refractivity contribution in [3.8, 4) is 0 Å². The lowest BCUT2D eigenvalue weighted by Gasteiger charge is -2.21. The number of aliphatic hydroxyl groups is 1. The Labute approximate surface area is 101 Å². The predicted octanol–water partition coefficient (Wildman–Crippen LogP) is 0.588. The molecule has 98 valence electrons. The minimum atomic E-state index is -3.64. The van der Waals surface area contributed by atoms with E-state index in [1.165, 1.54) is 0 Å². The Kier molecular flexibility index (Phi) is 3.95. The molecule has 7 heteroatoms. The van der Waals surface area contributed by atoms with Gasteiger partial charge in [0.15, 0.2) is 5.76 Å². The number of nitrogens with zero attached hydrogens (tertiary/aromatic N) is 1. The lowest BCUT2D eigenvalue weighted by Crippen LogP contribution is -2.36. The largest absolute Gasteiger partial charge is 0.396 e. The van der Waals surface area contributed by atoms with Gasteiger partial charge in [0.05, 0.1) is 0 Å². The van der Waals surface area contributed by atoms with Crippen LogP contribution in [0.4, 0.5) is 0 Å². The van der Waals surface area contributed by atoms with E-state index < -0.39 is 15.4 Å². The van der Waals surface area contributed by atoms with Crippen LogP contribution in [0, 0.1) is 19.3 Å². The van der Waals surface area contributed by atoms with E-state index in [0.717, 1.165) is 0 Å². The first kappa shape index (κ1) is 14.1. The van der Waals surface area contributed by atoms with Gasteiger partial charge in [0.2, 0.25) is 10.0 Å². The van der Waals surface area contributed by atoms with E-state index >= 15 is 0 Å². The number of hydrogen-bond donors (Lipinski definition) is 2. The molecule has 1 aromatic rings. The first-order chi connectivity index (χ1) is 7.69. The van der Waals surface area contributed by atoms with E-state index in [1.54, 1.807) is 27.7 Å². The molecule has 0 aliphatic carbocycles. The molecule has 0 saturated carbocycles. The summed E-state index contributed by atoms with van der Waals surface area (Å²) in [4.78, 5) is 0.0752. The van der Waals surface area contributed by atoms with Gasteiger partial charge in [-0.1, -0.05) is 19.0 Å². The van der Waals surface area contributed by atoms with Crippen molar-refractivity contribution >= 4 is 10.0 Å². The first-order valence-corrected chi connectivity index (χ1v) is 6.71. The van der Waals surface area contributed by atoms with Crippen molar-refractivity contribution in [2.24, 2.45) is 5.41 Å². The van der Waals surface area contributed by atoms with Crippen molar-refractivity contribution in [3.63, 3.8) is 0 Å². The molecule has 0 aromatic carbocycles. The molecule has 0 bridgehead atoms. The summed E-state index contributed by atoms with van der Waals surface area (Å²) in [6.07, 6.45) is 0. The lowest BCUT2D eigenvalue weighted by atomic mass is 9.96. The van der Waals surface area contributed by atoms with Gasteiger partial charge in [-0.3, -0.25) is 0 Å². The van der Waals surface area contributed by atoms with Crippen molar-refractivity contribution in [3.05, 3.63) is 11.5 Å². The Morgan fingerprint density at radius 1 is 1.41 bits per heavy atom. The molecular formula is C10H18N2O4S. The summed E-state index contributed by atoms with van der Waals surface area (Å²) in [6, 6.07) is 0. The third-order valence-electron chi connectivity index (χ3n) is 2.41. The van der Waals surface area contributed by atoms with Crippen molar-refractivity contribution in [2.45, 2.75) is 32.6 Å². The van der Waals surface area contributed by atoms with Crippen molar-refractivity contribution < 1.29 is 18.0 Å². The van der Waals surface area contributed by atoms with Crippen LogP contribution in [0.5, 0.6) is 0 Å². The molecule has 2 N–H and O–H groups in total. The molecule has 1 rings (SSSR count). The lowest BCUT2D eigenvalue weighted by molar-refractivity contribution is 0.163. The topological polar surface area (TPSA) is 92.4 Å². The van der Waals surface area contributed by atoms with Gasteiger partial charge in [-0.25, -0.2) is 13.1 Å². The Hall–Kier alpha value is -0.920. The maximum absolute atomic E-state index is 12.0. The molecule has 1 aromatic heterocycles. The number of aryl methyl sites for hydroxylation is 2. The van der Waals surface area contributed by atoms with Gasteiger partial charge in [-0.2, -0.15) is 0 Å². The molecule has 0 atom stereocenters. The van der Waals surface area contributed by atoms with Crippen LogP contribution in [0.2, 0.25) is 0 Å². The highest BCUT2D eigenvalue weighted by Gasteiger charge is 2.26. The number of hydrogen-bond acceptors (Lipinski definition) is 5. The molecule has 0 aliphatic rings.